The van der Waals surface area contributed by atoms with Gasteiger partial charge in [0, 0.05) is 12.5 Å². The highest BCUT2D eigenvalue weighted by Crippen LogP contribution is 2.23. The molecule has 126 valence electrons. The zero-order valence-corrected chi connectivity index (χ0v) is 13.8. The van der Waals surface area contributed by atoms with E-state index in [2.05, 4.69) is 10.3 Å². The standard InChI is InChI=1S/C20H18N2O3/c1-14-21-18(16-10-6-3-7-11-16)19(25-14)20(24)22-17(13-23)12-15-8-4-2-5-9-15/h2-11,13,17H,12H2,1H3,(H,22,24)/t17-/m0/s1. The Morgan fingerprint density at radius 1 is 1.12 bits per heavy atom. The zero-order valence-electron chi connectivity index (χ0n) is 13.8. The molecule has 1 amide bonds. The normalized spacial score (nSPS) is 11.7. The summed E-state index contributed by atoms with van der Waals surface area (Å²) in [6.45, 7) is 1.68. The van der Waals surface area contributed by atoms with Gasteiger partial charge >= 0.3 is 0 Å². The molecule has 0 saturated carbocycles. The van der Waals surface area contributed by atoms with Gasteiger partial charge in [-0.2, -0.15) is 0 Å². The van der Waals surface area contributed by atoms with Gasteiger partial charge in [-0.15, -0.1) is 0 Å². The van der Waals surface area contributed by atoms with Gasteiger partial charge in [0.1, 0.15) is 12.0 Å². The summed E-state index contributed by atoms with van der Waals surface area (Å²) < 4.78 is 5.49. The number of aldehydes is 1. The van der Waals surface area contributed by atoms with E-state index in [1.54, 1.807) is 6.92 Å². The molecule has 0 radical (unpaired) electrons. The van der Waals surface area contributed by atoms with Gasteiger partial charge in [-0.3, -0.25) is 4.79 Å². The molecule has 0 spiro atoms. The van der Waals surface area contributed by atoms with E-state index in [4.69, 9.17) is 4.42 Å². The van der Waals surface area contributed by atoms with E-state index < -0.39 is 11.9 Å². The molecule has 0 aliphatic heterocycles. The molecule has 3 aromatic rings. The fourth-order valence-corrected chi connectivity index (χ4v) is 2.61. The van der Waals surface area contributed by atoms with Crippen molar-refractivity contribution in [3.05, 3.63) is 77.9 Å². The number of amides is 1. The molecule has 0 bridgehead atoms. The first-order valence-corrected chi connectivity index (χ1v) is 8.00. The van der Waals surface area contributed by atoms with Crippen LogP contribution < -0.4 is 5.32 Å². The van der Waals surface area contributed by atoms with Crippen molar-refractivity contribution in [2.24, 2.45) is 0 Å². The minimum atomic E-state index is -0.635. The lowest BCUT2D eigenvalue weighted by Gasteiger charge is -2.12. The van der Waals surface area contributed by atoms with Crippen molar-refractivity contribution >= 4 is 12.2 Å². The smallest absolute Gasteiger partial charge is 0.289 e. The molecule has 1 N–H and O–H groups in total. The Morgan fingerprint density at radius 3 is 2.40 bits per heavy atom. The van der Waals surface area contributed by atoms with Crippen LogP contribution in [0, 0.1) is 6.92 Å². The maximum Gasteiger partial charge on any atom is 0.289 e. The molecule has 0 fully saturated rings. The maximum absolute atomic E-state index is 12.6. The molecule has 0 unspecified atom stereocenters. The van der Waals surface area contributed by atoms with Crippen LogP contribution >= 0.6 is 0 Å². The van der Waals surface area contributed by atoms with E-state index in [9.17, 15) is 9.59 Å². The van der Waals surface area contributed by atoms with Crippen LogP contribution in [0.4, 0.5) is 0 Å². The summed E-state index contributed by atoms with van der Waals surface area (Å²) in [6, 6.07) is 18.2. The second-order valence-electron chi connectivity index (χ2n) is 5.68. The second kappa shape index (κ2) is 7.57. The number of rotatable bonds is 6. The molecule has 1 atom stereocenters. The van der Waals surface area contributed by atoms with Crippen molar-refractivity contribution in [1.29, 1.82) is 0 Å². The van der Waals surface area contributed by atoms with Crippen LogP contribution in [0.2, 0.25) is 0 Å². The van der Waals surface area contributed by atoms with Crippen molar-refractivity contribution in [2.75, 3.05) is 0 Å². The van der Waals surface area contributed by atoms with Gasteiger partial charge in [-0.25, -0.2) is 4.98 Å². The van der Waals surface area contributed by atoms with Gasteiger partial charge in [0.05, 0.1) is 6.04 Å². The first kappa shape index (κ1) is 16.6. The van der Waals surface area contributed by atoms with Crippen LogP contribution in [-0.2, 0) is 11.2 Å². The summed E-state index contributed by atoms with van der Waals surface area (Å²) in [5.74, 6) is 0.0609. The summed E-state index contributed by atoms with van der Waals surface area (Å²) in [4.78, 5) is 28.3. The predicted octanol–water partition coefficient (Wildman–Crippen LogP) is 3.19. The topological polar surface area (TPSA) is 72.2 Å². The first-order chi connectivity index (χ1) is 12.2. The number of carbonyl (C=O) groups excluding carboxylic acids is 2. The van der Waals surface area contributed by atoms with Gasteiger partial charge < -0.3 is 14.5 Å². The Morgan fingerprint density at radius 2 is 1.76 bits per heavy atom. The summed E-state index contributed by atoms with van der Waals surface area (Å²) in [5.41, 5.74) is 2.23. The van der Waals surface area contributed by atoms with Crippen LogP contribution in [0.3, 0.4) is 0 Å². The lowest BCUT2D eigenvalue weighted by atomic mass is 10.1. The van der Waals surface area contributed by atoms with Crippen molar-refractivity contribution in [3.63, 3.8) is 0 Å². The summed E-state index contributed by atoms with van der Waals surface area (Å²) in [7, 11) is 0. The van der Waals surface area contributed by atoms with Crippen LogP contribution in [0.25, 0.3) is 11.3 Å². The first-order valence-electron chi connectivity index (χ1n) is 8.00. The SMILES string of the molecule is Cc1nc(-c2ccccc2)c(C(=O)N[C@H](C=O)Cc2ccccc2)o1. The van der Waals surface area contributed by atoms with Gasteiger partial charge in [-0.1, -0.05) is 60.7 Å². The Balaban J connectivity index is 1.80. The Hall–Kier alpha value is -3.21. The van der Waals surface area contributed by atoms with Crippen molar-refractivity contribution in [1.82, 2.24) is 10.3 Å². The third kappa shape index (κ3) is 4.01. The minimum absolute atomic E-state index is 0.114. The Bertz CT molecular complexity index is 857. The van der Waals surface area contributed by atoms with E-state index in [0.29, 0.717) is 18.0 Å². The van der Waals surface area contributed by atoms with E-state index in [1.165, 1.54) is 0 Å². The summed E-state index contributed by atoms with van der Waals surface area (Å²) in [5, 5.41) is 2.71. The third-order valence-electron chi connectivity index (χ3n) is 3.77. The van der Waals surface area contributed by atoms with E-state index >= 15 is 0 Å². The van der Waals surface area contributed by atoms with Gasteiger partial charge in [0.25, 0.3) is 5.91 Å². The van der Waals surface area contributed by atoms with Crippen LogP contribution in [-0.4, -0.2) is 23.2 Å². The van der Waals surface area contributed by atoms with E-state index in [0.717, 1.165) is 17.4 Å². The molecule has 3 rings (SSSR count). The number of carbonyl (C=O) groups is 2. The number of aromatic nitrogens is 1. The molecule has 0 aliphatic rings. The lowest BCUT2D eigenvalue weighted by molar-refractivity contribution is -0.109. The monoisotopic (exact) mass is 334 g/mol. The molecular formula is C20H18N2O3. The quantitative estimate of drug-likeness (QED) is 0.703. The number of oxazole rings is 1. The van der Waals surface area contributed by atoms with Crippen LogP contribution in [0.5, 0.6) is 0 Å². The lowest BCUT2D eigenvalue weighted by Crippen LogP contribution is -2.37. The molecule has 0 aliphatic carbocycles. The van der Waals surface area contributed by atoms with Gasteiger partial charge in [0.2, 0.25) is 5.76 Å². The number of nitrogens with one attached hydrogen (secondary N) is 1. The van der Waals surface area contributed by atoms with E-state index in [1.807, 2.05) is 60.7 Å². The van der Waals surface area contributed by atoms with Crippen molar-refractivity contribution in [3.8, 4) is 11.3 Å². The third-order valence-corrected chi connectivity index (χ3v) is 3.77. The van der Waals surface area contributed by atoms with Crippen molar-refractivity contribution < 1.29 is 14.0 Å². The number of hydrogen-bond acceptors (Lipinski definition) is 4. The average Bonchev–Trinajstić information content (AvgIpc) is 3.04. The average molecular weight is 334 g/mol. The van der Waals surface area contributed by atoms with E-state index in [-0.39, 0.29) is 5.76 Å². The fourth-order valence-electron chi connectivity index (χ4n) is 2.61. The Labute approximate surface area is 145 Å². The number of benzene rings is 2. The number of hydrogen-bond donors (Lipinski definition) is 1. The maximum atomic E-state index is 12.6. The molecule has 5 nitrogen and oxygen atoms in total. The number of aryl methyl sites for hydroxylation is 1. The molecule has 2 aromatic carbocycles. The summed E-state index contributed by atoms with van der Waals surface area (Å²) >= 11 is 0. The summed E-state index contributed by atoms with van der Waals surface area (Å²) in [6.07, 6.45) is 1.15. The zero-order chi connectivity index (χ0) is 17.6. The molecule has 1 heterocycles. The van der Waals surface area contributed by atoms with Crippen molar-refractivity contribution in [2.45, 2.75) is 19.4 Å². The number of nitrogens with zero attached hydrogens (tertiary/aromatic N) is 1. The molecular weight excluding hydrogens is 316 g/mol. The van der Waals surface area contributed by atoms with Crippen LogP contribution in [0.1, 0.15) is 22.0 Å². The largest absolute Gasteiger partial charge is 0.435 e. The predicted molar refractivity (Wildman–Crippen MR) is 94.1 cm³/mol. The minimum Gasteiger partial charge on any atom is -0.435 e. The second-order valence-corrected chi connectivity index (χ2v) is 5.68. The highest BCUT2D eigenvalue weighted by molar-refractivity contribution is 5.98. The molecule has 25 heavy (non-hydrogen) atoms. The molecule has 5 heteroatoms. The Kier molecular flexibility index (Phi) is 5.04. The highest BCUT2D eigenvalue weighted by Gasteiger charge is 2.22. The van der Waals surface area contributed by atoms with Gasteiger partial charge in [0.15, 0.2) is 5.89 Å². The molecule has 1 aromatic heterocycles. The molecule has 0 saturated heterocycles. The fraction of sp³-hybridized carbons (Fsp3) is 0.150. The van der Waals surface area contributed by atoms with Crippen LogP contribution in [0.15, 0.2) is 65.1 Å². The highest BCUT2D eigenvalue weighted by atomic mass is 16.4. The van der Waals surface area contributed by atoms with Gasteiger partial charge in [-0.05, 0) is 12.0 Å².